The summed E-state index contributed by atoms with van der Waals surface area (Å²) in [5.74, 6) is -0.372. The van der Waals surface area contributed by atoms with Crippen molar-refractivity contribution in [3.63, 3.8) is 0 Å². The van der Waals surface area contributed by atoms with Gasteiger partial charge in [0.05, 0.1) is 0 Å². The second kappa shape index (κ2) is 37.2. The highest BCUT2D eigenvalue weighted by Gasteiger charge is 2.20. The minimum Gasteiger partial charge on any atom is -0.355 e. The molecule has 47 heavy (non-hydrogen) atoms. The van der Waals surface area contributed by atoms with Gasteiger partial charge in [-0.1, -0.05) is 194 Å². The SMILES string of the molecule is CCCCCCCCCCCCCCCCCC(=O)NCC(NC(=O)CCCCCCCCCCCCCCCCC)C(=O)NCC. The summed E-state index contributed by atoms with van der Waals surface area (Å²) in [6, 6.07) is -0.719. The molecule has 0 heterocycles. The lowest BCUT2D eigenvalue weighted by molar-refractivity contribution is -0.129. The van der Waals surface area contributed by atoms with Crippen LogP contribution in [0, 0.1) is 0 Å². The molecule has 0 saturated carbocycles. The summed E-state index contributed by atoms with van der Waals surface area (Å²) in [5.41, 5.74) is 0. The smallest absolute Gasteiger partial charge is 0.244 e. The number of nitrogens with one attached hydrogen (secondary N) is 3. The van der Waals surface area contributed by atoms with Gasteiger partial charge in [-0.2, -0.15) is 0 Å². The topological polar surface area (TPSA) is 87.3 Å². The molecule has 1 unspecified atom stereocenters. The van der Waals surface area contributed by atoms with Gasteiger partial charge in [0, 0.05) is 25.9 Å². The van der Waals surface area contributed by atoms with E-state index < -0.39 is 6.04 Å². The molecule has 0 fully saturated rings. The first-order chi connectivity index (χ1) is 23.0. The van der Waals surface area contributed by atoms with Gasteiger partial charge in [-0.3, -0.25) is 14.4 Å². The molecule has 3 N–H and O–H groups in total. The van der Waals surface area contributed by atoms with Crippen LogP contribution in [0.15, 0.2) is 0 Å². The molecule has 0 aromatic rings. The largest absolute Gasteiger partial charge is 0.355 e. The maximum Gasteiger partial charge on any atom is 0.244 e. The Morgan fingerprint density at radius 1 is 0.383 bits per heavy atom. The number of hydrogen-bond donors (Lipinski definition) is 3. The number of rotatable bonds is 37. The number of hydrogen-bond acceptors (Lipinski definition) is 3. The Labute approximate surface area is 292 Å². The average molecular weight is 664 g/mol. The Morgan fingerprint density at radius 3 is 1.00 bits per heavy atom. The third kappa shape index (κ3) is 34.1. The van der Waals surface area contributed by atoms with Crippen LogP contribution < -0.4 is 16.0 Å². The van der Waals surface area contributed by atoms with E-state index in [-0.39, 0.29) is 24.3 Å². The Balaban J connectivity index is 3.81. The van der Waals surface area contributed by atoms with Crippen molar-refractivity contribution in [3.05, 3.63) is 0 Å². The van der Waals surface area contributed by atoms with Gasteiger partial charge < -0.3 is 16.0 Å². The maximum absolute atomic E-state index is 12.6. The van der Waals surface area contributed by atoms with Crippen molar-refractivity contribution >= 4 is 17.7 Å². The molecule has 6 nitrogen and oxygen atoms in total. The first kappa shape index (κ1) is 45.4. The molecule has 0 aromatic heterocycles. The zero-order valence-electron chi connectivity index (χ0n) is 31.8. The van der Waals surface area contributed by atoms with E-state index in [1.807, 2.05) is 6.92 Å². The van der Waals surface area contributed by atoms with Gasteiger partial charge in [0.2, 0.25) is 17.7 Å². The molecule has 0 spiro atoms. The number of amides is 3. The molecule has 0 saturated heterocycles. The number of unbranched alkanes of at least 4 members (excludes halogenated alkanes) is 28. The van der Waals surface area contributed by atoms with Gasteiger partial charge in [-0.25, -0.2) is 0 Å². The van der Waals surface area contributed by atoms with Gasteiger partial charge >= 0.3 is 0 Å². The van der Waals surface area contributed by atoms with Gasteiger partial charge in [0.25, 0.3) is 0 Å². The van der Waals surface area contributed by atoms with Gasteiger partial charge in [-0.05, 0) is 19.8 Å². The van der Waals surface area contributed by atoms with E-state index in [0.717, 1.165) is 25.7 Å². The first-order valence-corrected chi connectivity index (χ1v) is 20.9. The molecule has 0 radical (unpaired) electrons. The van der Waals surface area contributed by atoms with Gasteiger partial charge in [0.15, 0.2) is 0 Å². The zero-order valence-corrected chi connectivity index (χ0v) is 31.8. The van der Waals surface area contributed by atoms with Crippen molar-refractivity contribution in [2.45, 2.75) is 232 Å². The van der Waals surface area contributed by atoms with E-state index in [9.17, 15) is 14.4 Å². The van der Waals surface area contributed by atoms with Crippen LogP contribution >= 0.6 is 0 Å². The molecule has 1 atom stereocenters. The quantitative estimate of drug-likeness (QED) is 0.0578. The Hall–Kier alpha value is -1.59. The fourth-order valence-corrected chi connectivity index (χ4v) is 6.39. The number of likely N-dealkylation sites (N-methyl/N-ethyl adjacent to an activating group) is 1. The lowest BCUT2D eigenvalue weighted by atomic mass is 10.0. The lowest BCUT2D eigenvalue weighted by Gasteiger charge is -2.19. The molecule has 3 amide bonds. The van der Waals surface area contributed by atoms with Crippen molar-refractivity contribution in [2.24, 2.45) is 0 Å². The highest BCUT2D eigenvalue weighted by molar-refractivity contribution is 5.88. The van der Waals surface area contributed by atoms with Crippen molar-refractivity contribution in [1.82, 2.24) is 16.0 Å². The highest BCUT2D eigenvalue weighted by atomic mass is 16.2. The summed E-state index contributed by atoms with van der Waals surface area (Å²) in [6.45, 7) is 7.05. The van der Waals surface area contributed by atoms with E-state index >= 15 is 0 Å². The average Bonchev–Trinajstić information content (AvgIpc) is 3.06. The molecule has 6 heteroatoms. The molecule has 0 aliphatic heterocycles. The molecule has 0 aliphatic rings. The van der Waals surface area contributed by atoms with Gasteiger partial charge in [-0.15, -0.1) is 0 Å². The minimum absolute atomic E-state index is 0.0364. The van der Waals surface area contributed by atoms with Crippen LogP contribution in [0.3, 0.4) is 0 Å². The van der Waals surface area contributed by atoms with Gasteiger partial charge in [0.1, 0.15) is 6.04 Å². The van der Waals surface area contributed by atoms with Crippen LogP contribution in [-0.2, 0) is 14.4 Å². The fraction of sp³-hybridized carbons (Fsp3) is 0.927. The van der Waals surface area contributed by atoms with Crippen LogP contribution in [0.5, 0.6) is 0 Å². The Bertz CT molecular complexity index is 699. The van der Waals surface area contributed by atoms with Crippen molar-refractivity contribution in [2.75, 3.05) is 13.1 Å². The molecule has 0 aromatic carbocycles. The van der Waals surface area contributed by atoms with Crippen LogP contribution in [0.1, 0.15) is 226 Å². The number of carbonyl (C=O) groups excluding carboxylic acids is 3. The molecule has 0 aliphatic carbocycles. The van der Waals surface area contributed by atoms with Crippen molar-refractivity contribution in [3.8, 4) is 0 Å². The molecular weight excluding hydrogens is 582 g/mol. The van der Waals surface area contributed by atoms with E-state index in [1.165, 1.54) is 167 Å². The van der Waals surface area contributed by atoms with E-state index in [2.05, 4.69) is 29.8 Å². The molecule has 0 bridgehead atoms. The summed E-state index contributed by atoms with van der Waals surface area (Å²) in [5, 5.41) is 8.54. The second-order valence-corrected chi connectivity index (χ2v) is 14.2. The summed E-state index contributed by atoms with van der Waals surface area (Å²) in [4.78, 5) is 37.5. The molecule has 278 valence electrons. The normalized spacial score (nSPS) is 11.8. The van der Waals surface area contributed by atoms with Crippen LogP contribution in [0.25, 0.3) is 0 Å². The van der Waals surface area contributed by atoms with Crippen molar-refractivity contribution in [1.29, 1.82) is 0 Å². The molecule has 0 rings (SSSR count). The predicted molar refractivity (Wildman–Crippen MR) is 203 cm³/mol. The summed E-state index contributed by atoms with van der Waals surface area (Å²) >= 11 is 0. The fourth-order valence-electron chi connectivity index (χ4n) is 6.39. The van der Waals surface area contributed by atoms with E-state index in [4.69, 9.17) is 0 Å². The maximum atomic E-state index is 12.6. The third-order valence-electron chi connectivity index (χ3n) is 9.52. The van der Waals surface area contributed by atoms with Crippen LogP contribution in [0.4, 0.5) is 0 Å². The Kier molecular flexibility index (Phi) is 36.0. The third-order valence-corrected chi connectivity index (χ3v) is 9.52. The zero-order chi connectivity index (χ0) is 34.5. The Morgan fingerprint density at radius 2 is 0.681 bits per heavy atom. The standard InChI is InChI=1S/C41H81N3O3/c1-4-7-9-11-13-15-17-19-21-23-25-27-29-31-33-35-39(45)43-37-38(41(47)42-6-3)44-40(46)36-34-32-30-28-26-24-22-20-18-16-14-12-10-8-5-2/h38H,4-37H2,1-3H3,(H,42,47)(H,43,45)(H,44,46). The summed E-state index contributed by atoms with van der Waals surface area (Å²) in [6.07, 6.45) is 39.8. The second-order valence-electron chi connectivity index (χ2n) is 14.2. The van der Waals surface area contributed by atoms with E-state index in [0.29, 0.717) is 19.4 Å². The summed E-state index contributed by atoms with van der Waals surface area (Å²) < 4.78 is 0. The number of carbonyl (C=O) groups is 3. The van der Waals surface area contributed by atoms with E-state index in [1.54, 1.807) is 0 Å². The lowest BCUT2D eigenvalue weighted by Crippen LogP contribution is -2.52. The molecular formula is C41H81N3O3. The van der Waals surface area contributed by atoms with Crippen LogP contribution in [0.2, 0.25) is 0 Å². The monoisotopic (exact) mass is 664 g/mol. The highest BCUT2D eigenvalue weighted by Crippen LogP contribution is 2.15. The first-order valence-electron chi connectivity index (χ1n) is 20.9. The predicted octanol–water partition coefficient (Wildman–Crippen LogP) is 11.2. The van der Waals surface area contributed by atoms with Crippen molar-refractivity contribution < 1.29 is 14.4 Å². The minimum atomic E-state index is -0.719. The van der Waals surface area contributed by atoms with Crippen LogP contribution in [-0.4, -0.2) is 36.9 Å². The summed E-state index contributed by atoms with van der Waals surface area (Å²) in [7, 11) is 0.